The summed E-state index contributed by atoms with van der Waals surface area (Å²) < 4.78 is 10.7. The molecule has 0 saturated heterocycles. The van der Waals surface area contributed by atoms with Crippen molar-refractivity contribution in [1.29, 1.82) is 0 Å². The van der Waals surface area contributed by atoms with Gasteiger partial charge in [-0.1, -0.05) is 42.5 Å². The van der Waals surface area contributed by atoms with E-state index in [0.717, 1.165) is 11.1 Å². The highest BCUT2D eigenvalue weighted by Crippen LogP contribution is 2.23. The van der Waals surface area contributed by atoms with Crippen LogP contribution in [0.1, 0.15) is 17.3 Å². The molecule has 0 aliphatic heterocycles. The van der Waals surface area contributed by atoms with Crippen molar-refractivity contribution < 1.29 is 19.1 Å². The van der Waals surface area contributed by atoms with Crippen molar-refractivity contribution in [2.75, 3.05) is 25.6 Å². The van der Waals surface area contributed by atoms with Crippen molar-refractivity contribution in [3.63, 3.8) is 0 Å². The molecule has 1 atom stereocenters. The van der Waals surface area contributed by atoms with Crippen molar-refractivity contribution in [2.45, 2.75) is 13.0 Å². The number of nitrogens with one attached hydrogen (secondary N) is 2. The molecule has 3 rings (SSSR count). The summed E-state index contributed by atoms with van der Waals surface area (Å²) in [5.41, 5.74) is 3.30. The zero-order chi connectivity index (χ0) is 22.1. The number of hydrogen-bond acceptors (Lipinski definition) is 4. The number of carbonyl (C=O) groups is 2. The Morgan fingerprint density at radius 2 is 1.52 bits per heavy atom. The van der Waals surface area contributed by atoms with E-state index in [0.29, 0.717) is 30.2 Å². The van der Waals surface area contributed by atoms with Gasteiger partial charge in [0.05, 0.1) is 6.61 Å². The van der Waals surface area contributed by atoms with Gasteiger partial charge in [0.2, 0.25) is 0 Å². The first-order valence-electron chi connectivity index (χ1n) is 10.1. The fourth-order valence-corrected chi connectivity index (χ4v) is 2.93. The third-order valence-corrected chi connectivity index (χ3v) is 4.65. The highest BCUT2D eigenvalue weighted by Gasteiger charge is 2.15. The number of rotatable bonds is 9. The maximum absolute atomic E-state index is 12.5. The fraction of sp³-hybridized carbons (Fsp3) is 0.200. The van der Waals surface area contributed by atoms with E-state index in [1.807, 2.05) is 54.6 Å². The number of amides is 2. The Kier molecular flexibility index (Phi) is 7.79. The van der Waals surface area contributed by atoms with Gasteiger partial charge in [-0.05, 0) is 54.4 Å². The van der Waals surface area contributed by atoms with E-state index in [1.165, 1.54) is 0 Å². The van der Waals surface area contributed by atoms with Crippen LogP contribution in [0.3, 0.4) is 0 Å². The summed E-state index contributed by atoms with van der Waals surface area (Å²) in [5, 5.41) is 5.55. The first-order chi connectivity index (χ1) is 15.1. The van der Waals surface area contributed by atoms with Gasteiger partial charge in [0.25, 0.3) is 11.8 Å². The molecule has 0 fully saturated rings. The normalized spacial score (nSPS) is 11.4. The molecular formula is C25H26N2O4. The smallest absolute Gasteiger partial charge is 0.265 e. The third-order valence-electron chi connectivity index (χ3n) is 4.65. The number of anilines is 1. The molecule has 0 saturated carbocycles. The van der Waals surface area contributed by atoms with E-state index >= 15 is 0 Å². The van der Waals surface area contributed by atoms with E-state index in [1.54, 1.807) is 38.3 Å². The van der Waals surface area contributed by atoms with Crippen LogP contribution in [-0.4, -0.2) is 38.2 Å². The van der Waals surface area contributed by atoms with Gasteiger partial charge in [-0.2, -0.15) is 0 Å². The molecule has 2 amide bonds. The summed E-state index contributed by atoms with van der Waals surface area (Å²) in [6.07, 6.45) is -0.681. The number of benzene rings is 3. The van der Waals surface area contributed by atoms with E-state index in [-0.39, 0.29) is 11.8 Å². The summed E-state index contributed by atoms with van der Waals surface area (Å²) in [6, 6.07) is 24.4. The molecule has 160 valence electrons. The van der Waals surface area contributed by atoms with Gasteiger partial charge in [0.1, 0.15) is 5.75 Å². The van der Waals surface area contributed by atoms with Gasteiger partial charge in [-0.3, -0.25) is 9.59 Å². The third kappa shape index (κ3) is 6.42. The van der Waals surface area contributed by atoms with Crippen molar-refractivity contribution in [3.8, 4) is 16.9 Å². The van der Waals surface area contributed by atoms with Crippen LogP contribution in [0, 0.1) is 0 Å². The second-order valence-corrected chi connectivity index (χ2v) is 6.97. The van der Waals surface area contributed by atoms with E-state index in [2.05, 4.69) is 10.6 Å². The molecule has 0 aromatic heterocycles. The minimum Gasteiger partial charge on any atom is -0.481 e. The largest absolute Gasteiger partial charge is 0.481 e. The van der Waals surface area contributed by atoms with Crippen LogP contribution < -0.4 is 15.4 Å². The van der Waals surface area contributed by atoms with Crippen LogP contribution in [0.2, 0.25) is 0 Å². The number of ether oxygens (including phenoxy) is 2. The Bertz CT molecular complexity index is 986. The maximum Gasteiger partial charge on any atom is 0.265 e. The van der Waals surface area contributed by atoms with Crippen molar-refractivity contribution >= 4 is 17.5 Å². The summed E-state index contributed by atoms with van der Waals surface area (Å²) in [6.45, 7) is 2.58. The summed E-state index contributed by atoms with van der Waals surface area (Å²) in [4.78, 5) is 24.5. The van der Waals surface area contributed by atoms with Crippen LogP contribution in [0.5, 0.6) is 5.75 Å². The molecule has 0 bridgehead atoms. The second-order valence-electron chi connectivity index (χ2n) is 6.97. The van der Waals surface area contributed by atoms with Gasteiger partial charge < -0.3 is 20.1 Å². The van der Waals surface area contributed by atoms with Gasteiger partial charge in [-0.25, -0.2) is 0 Å². The number of hydrogen-bond donors (Lipinski definition) is 2. The van der Waals surface area contributed by atoms with Crippen molar-refractivity contribution in [3.05, 3.63) is 84.4 Å². The highest BCUT2D eigenvalue weighted by molar-refractivity contribution is 5.96. The maximum atomic E-state index is 12.5. The molecule has 0 heterocycles. The predicted octanol–water partition coefficient (Wildman–Crippen LogP) is 4.14. The molecule has 3 aromatic carbocycles. The van der Waals surface area contributed by atoms with Gasteiger partial charge >= 0.3 is 0 Å². The van der Waals surface area contributed by atoms with Crippen LogP contribution in [0.4, 0.5) is 5.69 Å². The lowest BCUT2D eigenvalue weighted by Crippen LogP contribution is -2.30. The average molecular weight is 418 g/mol. The first kappa shape index (κ1) is 22.1. The topological polar surface area (TPSA) is 76.7 Å². The van der Waals surface area contributed by atoms with Crippen LogP contribution in [0.15, 0.2) is 78.9 Å². The molecule has 0 radical (unpaired) electrons. The lowest BCUT2D eigenvalue weighted by molar-refractivity contribution is -0.122. The zero-order valence-electron chi connectivity index (χ0n) is 17.6. The van der Waals surface area contributed by atoms with Crippen LogP contribution in [0.25, 0.3) is 11.1 Å². The summed E-state index contributed by atoms with van der Waals surface area (Å²) >= 11 is 0. The Morgan fingerprint density at radius 1 is 0.871 bits per heavy atom. The monoisotopic (exact) mass is 418 g/mol. The minimum absolute atomic E-state index is 0.189. The molecule has 1 unspecified atom stereocenters. The van der Waals surface area contributed by atoms with Crippen LogP contribution >= 0.6 is 0 Å². The molecular weight excluding hydrogens is 392 g/mol. The minimum atomic E-state index is -0.681. The van der Waals surface area contributed by atoms with E-state index in [9.17, 15) is 9.59 Å². The Morgan fingerprint density at radius 3 is 2.16 bits per heavy atom. The highest BCUT2D eigenvalue weighted by atomic mass is 16.5. The van der Waals surface area contributed by atoms with Crippen molar-refractivity contribution in [1.82, 2.24) is 5.32 Å². The molecule has 31 heavy (non-hydrogen) atoms. The van der Waals surface area contributed by atoms with Gasteiger partial charge in [0, 0.05) is 24.9 Å². The molecule has 3 aromatic rings. The summed E-state index contributed by atoms with van der Waals surface area (Å²) in [7, 11) is 1.58. The molecule has 2 N–H and O–H groups in total. The quantitative estimate of drug-likeness (QED) is 0.512. The lowest BCUT2D eigenvalue weighted by atomic mass is 10.1. The Hall–Kier alpha value is -3.64. The lowest BCUT2D eigenvalue weighted by Gasteiger charge is -2.15. The van der Waals surface area contributed by atoms with E-state index in [4.69, 9.17) is 9.47 Å². The predicted molar refractivity (Wildman–Crippen MR) is 121 cm³/mol. The molecule has 6 nitrogen and oxygen atoms in total. The zero-order valence-corrected chi connectivity index (χ0v) is 17.6. The van der Waals surface area contributed by atoms with Gasteiger partial charge in [0.15, 0.2) is 6.10 Å². The molecule has 6 heteroatoms. The first-order valence-corrected chi connectivity index (χ1v) is 10.1. The van der Waals surface area contributed by atoms with E-state index < -0.39 is 6.10 Å². The number of carbonyl (C=O) groups excluding carboxylic acids is 2. The molecule has 0 aliphatic carbocycles. The Balaban J connectivity index is 1.52. The average Bonchev–Trinajstić information content (AvgIpc) is 2.80. The molecule has 0 aliphatic rings. The van der Waals surface area contributed by atoms with Crippen molar-refractivity contribution in [2.24, 2.45) is 0 Å². The van der Waals surface area contributed by atoms with Crippen LogP contribution in [-0.2, 0) is 9.53 Å². The Labute approximate surface area is 182 Å². The standard InChI is InChI=1S/C25H26N2O4/c1-18(31-23-14-10-20(11-15-23)19-6-4-3-5-7-19)24(28)27-22-12-8-21(9-13-22)25(29)26-16-17-30-2/h3-15,18H,16-17H2,1-2H3,(H,26,29)(H,27,28). The summed E-state index contributed by atoms with van der Waals surface area (Å²) in [5.74, 6) is 0.153. The fourth-order valence-electron chi connectivity index (χ4n) is 2.93. The SMILES string of the molecule is COCCNC(=O)c1ccc(NC(=O)C(C)Oc2ccc(-c3ccccc3)cc2)cc1. The molecule has 0 spiro atoms. The van der Waals surface area contributed by atoms with Gasteiger partial charge in [-0.15, -0.1) is 0 Å². The second kappa shape index (κ2) is 10.9. The number of methoxy groups -OCH3 is 1.